The lowest BCUT2D eigenvalue weighted by molar-refractivity contribution is 0.240. The van der Waals surface area contributed by atoms with E-state index < -0.39 is 0 Å². The Balaban J connectivity index is 1.66. The van der Waals surface area contributed by atoms with E-state index in [9.17, 15) is 0 Å². The molecule has 0 unspecified atom stereocenters. The zero-order chi connectivity index (χ0) is 13.8. The van der Waals surface area contributed by atoms with Crippen molar-refractivity contribution in [2.24, 2.45) is 5.92 Å². The third-order valence-corrected chi connectivity index (χ3v) is 5.08. The first-order valence-corrected chi connectivity index (χ1v) is 8.05. The molecule has 0 aliphatic carbocycles. The van der Waals surface area contributed by atoms with E-state index in [1.165, 1.54) is 23.3 Å². The van der Waals surface area contributed by atoms with Crippen LogP contribution in [0.15, 0.2) is 36.5 Å². The third-order valence-electron chi connectivity index (χ3n) is 3.97. The Kier molecular flexibility index (Phi) is 4.33. The van der Waals surface area contributed by atoms with Gasteiger partial charge in [0.2, 0.25) is 0 Å². The normalized spacial score (nSPS) is 16.6. The van der Waals surface area contributed by atoms with Gasteiger partial charge in [0, 0.05) is 25.9 Å². The summed E-state index contributed by atoms with van der Waals surface area (Å²) in [5.41, 5.74) is 1.24. The zero-order valence-corrected chi connectivity index (χ0v) is 12.4. The number of rotatable bonds is 4. The Labute approximate surface area is 123 Å². The Morgan fingerprint density at radius 3 is 2.65 bits per heavy atom. The van der Waals surface area contributed by atoms with Gasteiger partial charge in [0.15, 0.2) is 5.13 Å². The molecule has 1 aromatic heterocycles. The molecule has 0 saturated carbocycles. The quantitative estimate of drug-likeness (QED) is 0.936. The summed E-state index contributed by atoms with van der Waals surface area (Å²) in [6, 6.07) is 10.4. The predicted molar refractivity (Wildman–Crippen MR) is 84.2 cm³/mol. The molecule has 0 radical (unpaired) electrons. The molecule has 0 spiro atoms. The molecule has 0 amide bonds. The van der Waals surface area contributed by atoms with Crippen molar-refractivity contribution in [2.75, 3.05) is 24.6 Å². The van der Waals surface area contributed by atoms with E-state index in [1.54, 1.807) is 11.3 Å². The maximum absolute atomic E-state index is 9.01. The molecule has 1 aliphatic heterocycles. The molecule has 1 saturated heterocycles. The van der Waals surface area contributed by atoms with E-state index in [0.717, 1.165) is 24.6 Å². The molecule has 1 aromatic carbocycles. The van der Waals surface area contributed by atoms with E-state index in [-0.39, 0.29) is 0 Å². The summed E-state index contributed by atoms with van der Waals surface area (Å²) in [6.45, 7) is 2.44. The molecular weight excluding hydrogens is 268 g/mol. The topological polar surface area (TPSA) is 36.4 Å². The molecule has 1 aliphatic rings. The second kappa shape index (κ2) is 6.37. The van der Waals surface area contributed by atoms with Gasteiger partial charge in [-0.25, -0.2) is 4.98 Å². The fourth-order valence-corrected chi connectivity index (χ4v) is 3.72. The number of aromatic nitrogens is 1. The lowest BCUT2D eigenvalue weighted by Gasteiger charge is -2.31. The number of aliphatic hydroxyl groups excluding tert-OH is 1. The SMILES string of the molecule is OCCC1CCN(c2ncc(-c3ccccc3)s2)CC1. The predicted octanol–water partition coefficient (Wildman–Crippen LogP) is 3.41. The van der Waals surface area contributed by atoms with E-state index in [4.69, 9.17) is 5.11 Å². The van der Waals surface area contributed by atoms with Gasteiger partial charge in [-0.1, -0.05) is 41.7 Å². The van der Waals surface area contributed by atoms with Crippen molar-refractivity contribution < 1.29 is 5.11 Å². The number of hydrogen-bond acceptors (Lipinski definition) is 4. The number of anilines is 1. The van der Waals surface area contributed by atoms with Crippen LogP contribution < -0.4 is 4.90 Å². The number of piperidine rings is 1. The number of thiazole rings is 1. The fourth-order valence-electron chi connectivity index (χ4n) is 2.74. The highest BCUT2D eigenvalue weighted by Gasteiger charge is 2.21. The van der Waals surface area contributed by atoms with Gasteiger partial charge in [0.05, 0.1) is 4.88 Å². The fraction of sp³-hybridized carbons (Fsp3) is 0.438. The smallest absolute Gasteiger partial charge is 0.185 e. The third kappa shape index (κ3) is 3.02. The highest BCUT2D eigenvalue weighted by molar-refractivity contribution is 7.18. The summed E-state index contributed by atoms with van der Waals surface area (Å²) in [7, 11) is 0. The van der Waals surface area contributed by atoms with Crippen LogP contribution in [0, 0.1) is 5.92 Å². The number of aliphatic hydroxyl groups is 1. The molecule has 2 heterocycles. The maximum atomic E-state index is 9.01. The molecule has 0 bridgehead atoms. The Hall–Kier alpha value is -1.39. The molecule has 1 fully saturated rings. The largest absolute Gasteiger partial charge is 0.396 e. The molecule has 20 heavy (non-hydrogen) atoms. The van der Waals surface area contributed by atoms with Crippen LogP contribution in [0.4, 0.5) is 5.13 Å². The Bertz CT molecular complexity index is 532. The monoisotopic (exact) mass is 288 g/mol. The zero-order valence-electron chi connectivity index (χ0n) is 11.5. The lowest BCUT2D eigenvalue weighted by Crippen LogP contribution is -2.33. The van der Waals surface area contributed by atoms with E-state index >= 15 is 0 Å². The average Bonchev–Trinajstić information content (AvgIpc) is 2.99. The summed E-state index contributed by atoms with van der Waals surface area (Å²) in [6.07, 6.45) is 5.26. The maximum Gasteiger partial charge on any atom is 0.185 e. The lowest BCUT2D eigenvalue weighted by atomic mass is 9.94. The molecule has 3 nitrogen and oxygen atoms in total. The number of nitrogens with zero attached hydrogens (tertiary/aromatic N) is 2. The van der Waals surface area contributed by atoms with Crippen molar-refractivity contribution in [1.29, 1.82) is 0 Å². The van der Waals surface area contributed by atoms with E-state index in [2.05, 4.69) is 34.1 Å². The molecule has 1 N–H and O–H groups in total. The van der Waals surface area contributed by atoms with Crippen molar-refractivity contribution in [3.05, 3.63) is 36.5 Å². The van der Waals surface area contributed by atoms with Gasteiger partial charge >= 0.3 is 0 Å². The van der Waals surface area contributed by atoms with Gasteiger partial charge in [-0.3, -0.25) is 0 Å². The van der Waals surface area contributed by atoms with Gasteiger partial charge in [-0.2, -0.15) is 0 Å². The van der Waals surface area contributed by atoms with Gasteiger partial charge < -0.3 is 10.0 Å². The van der Waals surface area contributed by atoms with Gasteiger partial charge in [-0.15, -0.1) is 0 Å². The van der Waals surface area contributed by atoms with Crippen molar-refractivity contribution in [2.45, 2.75) is 19.3 Å². The van der Waals surface area contributed by atoms with Crippen LogP contribution in [0.5, 0.6) is 0 Å². The van der Waals surface area contributed by atoms with Gasteiger partial charge in [-0.05, 0) is 30.7 Å². The average molecular weight is 288 g/mol. The van der Waals surface area contributed by atoms with Crippen molar-refractivity contribution in [3.63, 3.8) is 0 Å². The number of benzene rings is 1. The Morgan fingerprint density at radius 2 is 1.95 bits per heavy atom. The Morgan fingerprint density at radius 1 is 1.20 bits per heavy atom. The van der Waals surface area contributed by atoms with Crippen LogP contribution in [0.2, 0.25) is 0 Å². The van der Waals surface area contributed by atoms with Crippen LogP contribution in [-0.4, -0.2) is 29.8 Å². The van der Waals surface area contributed by atoms with E-state index in [0.29, 0.717) is 12.5 Å². The molecule has 2 aromatic rings. The van der Waals surface area contributed by atoms with Gasteiger partial charge in [0.1, 0.15) is 0 Å². The summed E-state index contributed by atoms with van der Waals surface area (Å²) in [5.74, 6) is 0.685. The van der Waals surface area contributed by atoms with Gasteiger partial charge in [0.25, 0.3) is 0 Å². The van der Waals surface area contributed by atoms with Crippen molar-refractivity contribution in [1.82, 2.24) is 4.98 Å². The highest BCUT2D eigenvalue weighted by atomic mass is 32.1. The molecule has 0 atom stereocenters. The molecule has 3 rings (SSSR count). The first kappa shape index (κ1) is 13.6. The van der Waals surface area contributed by atoms with Crippen LogP contribution in [0.3, 0.4) is 0 Å². The summed E-state index contributed by atoms with van der Waals surface area (Å²) in [4.78, 5) is 8.20. The molecule has 4 heteroatoms. The van der Waals surface area contributed by atoms with Crippen LogP contribution in [0.25, 0.3) is 10.4 Å². The minimum atomic E-state index is 0.320. The minimum Gasteiger partial charge on any atom is -0.396 e. The first-order valence-electron chi connectivity index (χ1n) is 7.24. The standard InChI is InChI=1S/C16H20N2OS/c19-11-8-13-6-9-18(10-7-13)16-17-12-15(20-16)14-4-2-1-3-5-14/h1-5,12-13,19H,6-11H2. The second-order valence-electron chi connectivity index (χ2n) is 5.32. The molecule has 106 valence electrons. The number of hydrogen-bond donors (Lipinski definition) is 1. The minimum absolute atomic E-state index is 0.320. The van der Waals surface area contributed by atoms with Crippen LogP contribution in [-0.2, 0) is 0 Å². The van der Waals surface area contributed by atoms with E-state index in [1.807, 2.05) is 12.3 Å². The van der Waals surface area contributed by atoms with Crippen LogP contribution >= 0.6 is 11.3 Å². The van der Waals surface area contributed by atoms with Crippen molar-refractivity contribution in [3.8, 4) is 10.4 Å². The highest BCUT2D eigenvalue weighted by Crippen LogP contribution is 2.33. The van der Waals surface area contributed by atoms with Crippen molar-refractivity contribution >= 4 is 16.5 Å². The van der Waals surface area contributed by atoms with Crippen LogP contribution in [0.1, 0.15) is 19.3 Å². The second-order valence-corrected chi connectivity index (χ2v) is 6.32. The summed E-state index contributed by atoms with van der Waals surface area (Å²) in [5, 5.41) is 10.1. The molecular formula is C16H20N2OS. The summed E-state index contributed by atoms with van der Waals surface area (Å²) >= 11 is 1.77. The summed E-state index contributed by atoms with van der Waals surface area (Å²) < 4.78 is 0. The first-order chi connectivity index (χ1) is 9.86.